The van der Waals surface area contributed by atoms with Crippen LogP contribution >= 0.6 is 24.0 Å². The number of likely N-dealkylation sites (N-methyl/N-ethyl adjacent to an activating group) is 1. The van der Waals surface area contributed by atoms with Crippen LogP contribution in [0.1, 0.15) is 26.3 Å². The third-order valence-electron chi connectivity index (χ3n) is 4.13. The molecule has 0 radical (unpaired) electrons. The van der Waals surface area contributed by atoms with Crippen LogP contribution in [0.15, 0.2) is 35.3 Å². The van der Waals surface area contributed by atoms with Crippen LogP contribution in [0.25, 0.3) is 0 Å². The third-order valence-corrected chi connectivity index (χ3v) is 4.13. The highest BCUT2D eigenvalue weighted by molar-refractivity contribution is 14.0. The maximum atomic E-state index is 11.8. The lowest BCUT2D eigenvalue weighted by Crippen LogP contribution is -2.46. The average molecular weight is 490 g/mol. The number of amides is 1. The first-order valence-corrected chi connectivity index (χ1v) is 9.03. The van der Waals surface area contributed by atoms with Crippen LogP contribution in [0.4, 0.5) is 0 Å². The number of nitrogens with zero attached hydrogens (tertiary/aromatic N) is 2. The van der Waals surface area contributed by atoms with E-state index in [2.05, 4.69) is 48.5 Å². The minimum atomic E-state index is -0.0340. The van der Waals surface area contributed by atoms with Crippen molar-refractivity contribution in [2.45, 2.75) is 33.3 Å². The summed E-state index contributed by atoms with van der Waals surface area (Å²) >= 11 is 0. The van der Waals surface area contributed by atoms with Crippen molar-refractivity contribution in [3.05, 3.63) is 35.9 Å². The SMILES string of the molecule is COC(CNC(=NCC(=O)N(C)C)NCCc1ccccc1)C(C)(C)C.I. The van der Waals surface area contributed by atoms with E-state index in [9.17, 15) is 4.79 Å². The van der Waals surface area contributed by atoms with Crippen LogP contribution in [0, 0.1) is 5.41 Å². The molecule has 154 valence electrons. The summed E-state index contributed by atoms with van der Waals surface area (Å²) < 4.78 is 5.58. The van der Waals surface area contributed by atoms with Gasteiger partial charge in [-0.25, -0.2) is 4.99 Å². The molecule has 1 amide bonds. The number of carbonyl (C=O) groups excluding carboxylic acids is 1. The summed E-state index contributed by atoms with van der Waals surface area (Å²) in [4.78, 5) is 17.8. The second kappa shape index (κ2) is 12.9. The molecule has 1 unspecified atom stereocenters. The van der Waals surface area contributed by atoms with E-state index < -0.39 is 0 Å². The van der Waals surface area contributed by atoms with Crippen molar-refractivity contribution in [1.82, 2.24) is 15.5 Å². The van der Waals surface area contributed by atoms with Gasteiger partial charge in [0.1, 0.15) is 6.54 Å². The molecule has 0 spiro atoms. The van der Waals surface area contributed by atoms with Gasteiger partial charge in [-0.1, -0.05) is 51.1 Å². The maximum Gasteiger partial charge on any atom is 0.243 e. The Morgan fingerprint density at radius 2 is 1.81 bits per heavy atom. The highest BCUT2D eigenvalue weighted by atomic mass is 127. The molecule has 1 aromatic rings. The number of hydrogen-bond acceptors (Lipinski definition) is 3. The summed E-state index contributed by atoms with van der Waals surface area (Å²) in [7, 11) is 5.18. The molecule has 0 bridgehead atoms. The van der Waals surface area contributed by atoms with Gasteiger partial charge in [0.2, 0.25) is 5.91 Å². The Bertz CT molecular complexity index is 571. The smallest absolute Gasteiger partial charge is 0.243 e. The molecule has 0 aliphatic carbocycles. The van der Waals surface area contributed by atoms with Gasteiger partial charge in [0.05, 0.1) is 6.10 Å². The van der Waals surface area contributed by atoms with Crippen molar-refractivity contribution in [3.63, 3.8) is 0 Å². The van der Waals surface area contributed by atoms with Gasteiger partial charge in [0, 0.05) is 34.3 Å². The summed E-state index contributed by atoms with van der Waals surface area (Å²) in [6.07, 6.45) is 0.920. The standard InChI is InChI=1S/C20H34N4O2.HI/c1-20(2,3)17(26-6)14-22-19(23-15-18(25)24(4)5)21-13-12-16-10-8-7-9-11-16;/h7-11,17H,12-15H2,1-6H3,(H2,21,22,23);1H. The fraction of sp³-hybridized carbons (Fsp3) is 0.600. The molecule has 0 fully saturated rings. The first kappa shape index (κ1) is 25.6. The van der Waals surface area contributed by atoms with Crippen LogP contribution in [-0.2, 0) is 16.0 Å². The van der Waals surface area contributed by atoms with Crippen molar-refractivity contribution in [1.29, 1.82) is 0 Å². The van der Waals surface area contributed by atoms with E-state index in [0.29, 0.717) is 12.5 Å². The Morgan fingerprint density at radius 1 is 1.19 bits per heavy atom. The van der Waals surface area contributed by atoms with Crippen LogP contribution in [0.5, 0.6) is 0 Å². The van der Waals surface area contributed by atoms with E-state index >= 15 is 0 Å². The summed E-state index contributed by atoms with van der Waals surface area (Å²) in [5.74, 6) is 0.593. The fourth-order valence-corrected chi connectivity index (χ4v) is 2.36. The highest BCUT2D eigenvalue weighted by Gasteiger charge is 2.24. The third kappa shape index (κ3) is 10.5. The number of carbonyl (C=O) groups is 1. The van der Waals surface area contributed by atoms with Gasteiger partial charge in [0.15, 0.2) is 5.96 Å². The molecule has 7 heteroatoms. The second-order valence-corrected chi connectivity index (χ2v) is 7.59. The lowest BCUT2D eigenvalue weighted by Gasteiger charge is -2.30. The van der Waals surface area contributed by atoms with Gasteiger partial charge in [-0.2, -0.15) is 0 Å². The molecule has 0 saturated heterocycles. The van der Waals surface area contributed by atoms with Gasteiger partial charge in [-0.05, 0) is 17.4 Å². The molecule has 0 heterocycles. The molecule has 0 aliphatic rings. The number of rotatable bonds is 8. The van der Waals surface area contributed by atoms with E-state index in [0.717, 1.165) is 13.0 Å². The van der Waals surface area contributed by atoms with Gasteiger partial charge in [-0.3, -0.25) is 4.79 Å². The minimum absolute atomic E-state index is 0. The Morgan fingerprint density at radius 3 is 2.33 bits per heavy atom. The number of aliphatic imine (C=N–C) groups is 1. The molecule has 6 nitrogen and oxygen atoms in total. The highest BCUT2D eigenvalue weighted by Crippen LogP contribution is 2.20. The number of ether oxygens (including phenoxy) is 1. The quantitative estimate of drug-likeness (QED) is 0.334. The molecule has 1 aromatic carbocycles. The fourth-order valence-electron chi connectivity index (χ4n) is 2.36. The Hall–Kier alpha value is -1.35. The minimum Gasteiger partial charge on any atom is -0.379 e. The number of halogens is 1. The normalized spacial score (nSPS) is 12.7. The van der Waals surface area contributed by atoms with Crippen molar-refractivity contribution in [3.8, 4) is 0 Å². The van der Waals surface area contributed by atoms with Gasteiger partial charge in [0.25, 0.3) is 0 Å². The van der Waals surface area contributed by atoms with E-state index in [1.165, 1.54) is 10.5 Å². The lowest BCUT2D eigenvalue weighted by molar-refractivity contribution is -0.127. The Kier molecular flexibility index (Phi) is 12.3. The predicted molar refractivity (Wildman–Crippen MR) is 123 cm³/mol. The number of guanidine groups is 1. The Balaban J connectivity index is 0.00000676. The zero-order chi connectivity index (χ0) is 19.6. The maximum absolute atomic E-state index is 11.8. The summed E-state index contributed by atoms with van der Waals surface area (Å²) in [6, 6.07) is 10.3. The number of hydrogen-bond donors (Lipinski definition) is 2. The average Bonchev–Trinajstić information content (AvgIpc) is 2.58. The molecule has 27 heavy (non-hydrogen) atoms. The van der Waals surface area contributed by atoms with E-state index in [-0.39, 0.29) is 47.9 Å². The zero-order valence-electron chi connectivity index (χ0n) is 17.4. The van der Waals surface area contributed by atoms with Crippen LogP contribution < -0.4 is 10.6 Å². The van der Waals surface area contributed by atoms with Crippen molar-refractivity contribution >= 4 is 35.8 Å². The molecular formula is C20H35IN4O2. The predicted octanol–water partition coefficient (Wildman–Crippen LogP) is 2.53. The van der Waals surface area contributed by atoms with Gasteiger partial charge >= 0.3 is 0 Å². The van der Waals surface area contributed by atoms with Crippen molar-refractivity contribution in [2.24, 2.45) is 10.4 Å². The van der Waals surface area contributed by atoms with Crippen molar-refractivity contribution < 1.29 is 9.53 Å². The molecule has 0 saturated carbocycles. The van der Waals surface area contributed by atoms with Gasteiger partial charge in [-0.15, -0.1) is 24.0 Å². The molecule has 1 rings (SSSR count). The Labute approximate surface area is 181 Å². The topological polar surface area (TPSA) is 66.0 Å². The summed E-state index contributed by atoms with van der Waals surface area (Å²) in [5.41, 5.74) is 1.27. The lowest BCUT2D eigenvalue weighted by atomic mass is 9.89. The van der Waals surface area contributed by atoms with Crippen LogP contribution in [0.2, 0.25) is 0 Å². The summed E-state index contributed by atoms with van der Waals surface area (Å²) in [6.45, 7) is 7.88. The number of methoxy groups -OCH3 is 1. The van der Waals surface area contributed by atoms with Crippen molar-refractivity contribution in [2.75, 3.05) is 40.8 Å². The number of benzene rings is 1. The van der Waals surface area contributed by atoms with Crippen LogP contribution in [-0.4, -0.2) is 63.7 Å². The monoisotopic (exact) mass is 490 g/mol. The molecule has 0 aliphatic heterocycles. The van der Waals surface area contributed by atoms with E-state index in [4.69, 9.17) is 4.74 Å². The molecule has 2 N–H and O–H groups in total. The molecule has 0 aromatic heterocycles. The first-order valence-electron chi connectivity index (χ1n) is 9.03. The number of nitrogens with one attached hydrogen (secondary N) is 2. The van der Waals surface area contributed by atoms with E-state index in [1.54, 1.807) is 21.2 Å². The van der Waals surface area contributed by atoms with Gasteiger partial charge < -0.3 is 20.3 Å². The largest absolute Gasteiger partial charge is 0.379 e. The summed E-state index contributed by atoms with van der Waals surface area (Å²) in [5, 5.41) is 6.61. The molecule has 1 atom stereocenters. The first-order chi connectivity index (χ1) is 12.2. The molecular weight excluding hydrogens is 455 g/mol. The van der Waals surface area contributed by atoms with Crippen LogP contribution in [0.3, 0.4) is 0 Å². The second-order valence-electron chi connectivity index (χ2n) is 7.59. The van der Waals surface area contributed by atoms with E-state index in [1.807, 2.05) is 18.2 Å². The zero-order valence-corrected chi connectivity index (χ0v) is 19.7.